The van der Waals surface area contributed by atoms with Crippen LogP contribution in [-0.2, 0) is 10.8 Å². The molecule has 6 heteroatoms. The number of hydrogen-bond donors (Lipinski definition) is 2. The highest BCUT2D eigenvalue weighted by molar-refractivity contribution is 7.84. The fraction of sp³-hybridized carbons (Fsp3) is 0.385. The summed E-state index contributed by atoms with van der Waals surface area (Å²) in [6.07, 6.45) is 3.79. The lowest BCUT2D eigenvalue weighted by Gasteiger charge is -2.03. The van der Waals surface area contributed by atoms with Crippen LogP contribution in [0.5, 0.6) is 0 Å². The van der Waals surface area contributed by atoms with Crippen molar-refractivity contribution in [2.45, 2.75) is 6.42 Å². The minimum absolute atomic E-state index is 0.207. The highest BCUT2D eigenvalue weighted by Gasteiger charge is 2.05. The average molecular weight is 280 g/mol. The Morgan fingerprint density at radius 3 is 2.89 bits per heavy atom. The molecule has 0 aliphatic rings. The van der Waals surface area contributed by atoms with Crippen LogP contribution in [0.25, 0.3) is 0 Å². The molecule has 0 bridgehead atoms. The predicted octanol–water partition coefficient (Wildman–Crippen LogP) is -0.0762. The van der Waals surface area contributed by atoms with Crippen LogP contribution in [-0.4, -0.2) is 45.4 Å². The number of hydrogen-bond acceptors (Lipinski definition) is 4. The van der Waals surface area contributed by atoms with Gasteiger partial charge in [-0.05, 0) is 18.6 Å². The monoisotopic (exact) mass is 280 g/mol. The first-order chi connectivity index (χ1) is 9.13. The normalized spacial score (nSPS) is 11.3. The van der Waals surface area contributed by atoms with Crippen molar-refractivity contribution in [1.82, 2.24) is 10.3 Å². The lowest BCUT2D eigenvalue weighted by molar-refractivity contribution is 0.0949. The van der Waals surface area contributed by atoms with Crippen molar-refractivity contribution in [3.8, 4) is 11.8 Å². The SMILES string of the molecule is CS(=O)CCCNC(=O)c1ccc(C#CCO)cn1. The van der Waals surface area contributed by atoms with Crippen molar-refractivity contribution < 1.29 is 14.1 Å². The molecule has 1 aromatic heterocycles. The number of amides is 1. The largest absolute Gasteiger partial charge is 0.384 e. The zero-order valence-corrected chi connectivity index (χ0v) is 11.5. The Labute approximate surface area is 114 Å². The Kier molecular flexibility index (Phi) is 6.79. The first-order valence-corrected chi connectivity index (χ1v) is 7.50. The summed E-state index contributed by atoms with van der Waals surface area (Å²) in [5, 5.41) is 11.3. The fourth-order valence-electron chi connectivity index (χ4n) is 1.31. The maximum absolute atomic E-state index is 11.7. The minimum atomic E-state index is -0.834. The first-order valence-electron chi connectivity index (χ1n) is 5.77. The third-order valence-electron chi connectivity index (χ3n) is 2.20. The molecule has 1 atom stereocenters. The van der Waals surface area contributed by atoms with E-state index in [1.807, 2.05) is 0 Å². The third kappa shape index (κ3) is 6.13. The Morgan fingerprint density at radius 2 is 2.32 bits per heavy atom. The van der Waals surface area contributed by atoms with Crippen molar-refractivity contribution in [2.24, 2.45) is 0 Å². The van der Waals surface area contributed by atoms with E-state index in [-0.39, 0.29) is 12.5 Å². The van der Waals surface area contributed by atoms with E-state index in [9.17, 15) is 9.00 Å². The van der Waals surface area contributed by atoms with Crippen LogP contribution in [0.2, 0.25) is 0 Å². The van der Waals surface area contributed by atoms with Crippen LogP contribution in [0.3, 0.4) is 0 Å². The third-order valence-corrected chi connectivity index (χ3v) is 3.07. The maximum atomic E-state index is 11.7. The molecule has 1 amide bonds. The van der Waals surface area contributed by atoms with Crippen molar-refractivity contribution in [2.75, 3.05) is 25.2 Å². The molecule has 0 spiro atoms. The van der Waals surface area contributed by atoms with E-state index in [2.05, 4.69) is 22.1 Å². The quantitative estimate of drug-likeness (QED) is 0.584. The van der Waals surface area contributed by atoms with Crippen molar-refractivity contribution in [3.63, 3.8) is 0 Å². The maximum Gasteiger partial charge on any atom is 0.269 e. The van der Waals surface area contributed by atoms with E-state index in [1.165, 1.54) is 6.20 Å². The van der Waals surface area contributed by atoms with E-state index in [1.54, 1.807) is 18.4 Å². The number of rotatable bonds is 5. The molecular weight excluding hydrogens is 264 g/mol. The van der Waals surface area contributed by atoms with Gasteiger partial charge in [0, 0.05) is 41.1 Å². The molecule has 0 aliphatic carbocycles. The Morgan fingerprint density at radius 1 is 1.53 bits per heavy atom. The zero-order valence-electron chi connectivity index (χ0n) is 10.7. The summed E-state index contributed by atoms with van der Waals surface area (Å²) in [4.78, 5) is 15.7. The van der Waals surface area contributed by atoms with E-state index in [0.29, 0.717) is 30.0 Å². The summed E-state index contributed by atoms with van der Waals surface area (Å²) >= 11 is 0. The van der Waals surface area contributed by atoms with E-state index >= 15 is 0 Å². The summed E-state index contributed by atoms with van der Waals surface area (Å²) in [7, 11) is -0.834. The minimum Gasteiger partial charge on any atom is -0.384 e. The number of nitrogens with zero attached hydrogens (tertiary/aromatic N) is 1. The van der Waals surface area contributed by atoms with Crippen LogP contribution in [0.15, 0.2) is 18.3 Å². The van der Waals surface area contributed by atoms with Gasteiger partial charge in [-0.1, -0.05) is 11.8 Å². The van der Waals surface area contributed by atoms with Crippen molar-refractivity contribution in [1.29, 1.82) is 0 Å². The molecule has 0 aromatic carbocycles. The highest BCUT2D eigenvalue weighted by Crippen LogP contribution is 1.99. The number of nitrogens with one attached hydrogen (secondary N) is 1. The lowest BCUT2D eigenvalue weighted by atomic mass is 10.2. The number of pyridine rings is 1. The number of aromatic nitrogens is 1. The highest BCUT2D eigenvalue weighted by atomic mass is 32.2. The van der Waals surface area contributed by atoms with Gasteiger partial charge in [0.15, 0.2) is 0 Å². The van der Waals surface area contributed by atoms with Crippen LogP contribution in [0, 0.1) is 11.8 Å². The van der Waals surface area contributed by atoms with Gasteiger partial charge in [0.05, 0.1) is 0 Å². The molecule has 5 nitrogen and oxygen atoms in total. The van der Waals surface area contributed by atoms with E-state index in [0.717, 1.165) is 0 Å². The molecule has 1 rings (SSSR count). The van der Waals surface area contributed by atoms with Crippen molar-refractivity contribution >= 4 is 16.7 Å². The zero-order chi connectivity index (χ0) is 14.1. The van der Waals surface area contributed by atoms with Gasteiger partial charge >= 0.3 is 0 Å². The number of carbonyl (C=O) groups is 1. The van der Waals surface area contributed by atoms with Gasteiger partial charge in [-0.15, -0.1) is 0 Å². The summed E-state index contributed by atoms with van der Waals surface area (Å²) < 4.78 is 10.8. The molecule has 2 N–H and O–H groups in total. The number of carbonyl (C=O) groups excluding carboxylic acids is 1. The standard InChI is InChI=1S/C13H16N2O3S/c1-19(18)9-3-7-14-13(17)12-6-5-11(10-15-12)4-2-8-16/h5-6,10,16H,3,7-9H2,1H3,(H,14,17). The number of aliphatic hydroxyl groups excluding tert-OH is 1. The fourth-order valence-corrected chi connectivity index (χ4v) is 1.86. The van der Waals surface area contributed by atoms with Gasteiger partial charge in [-0.3, -0.25) is 9.00 Å². The summed E-state index contributed by atoms with van der Waals surface area (Å²) in [5.74, 6) is 5.51. The molecule has 0 aliphatic heterocycles. The molecule has 1 heterocycles. The summed E-state index contributed by atoms with van der Waals surface area (Å²) in [5.41, 5.74) is 0.958. The molecule has 0 saturated carbocycles. The Hall–Kier alpha value is -1.71. The topological polar surface area (TPSA) is 79.3 Å². The summed E-state index contributed by atoms with van der Waals surface area (Å²) in [6, 6.07) is 3.25. The van der Waals surface area contributed by atoms with Gasteiger partial charge in [-0.25, -0.2) is 4.98 Å². The molecule has 0 fully saturated rings. The van der Waals surface area contributed by atoms with Crippen LogP contribution in [0.4, 0.5) is 0 Å². The van der Waals surface area contributed by atoms with E-state index < -0.39 is 10.8 Å². The second-order valence-electron chi connectivity index (χ2n) is 3.78. The molecular formula is C13H16N2O3S. The second kappa shape index (κ2) is 8.40. The van der Waals surface area contributed by atoms with Gasteiger partial charge < -0.3 is 10.4 Å². The molecule has 0 saturated heterocycles. The van der Waals surface area contributed by atoms with Gasteiger partial charge in [-0.2, -0.15) is 0 Å². The Balaban J connectivity index is 2.46. The Bertz CT molecular complexity index is 503. The first kappa shape index (κ1) is 15.3. The summed E-state index contributed by atoms with van der Waals surface area (Å²) in [6.45, 7) is 0.271. The predicted molar refractivity (Wildman–Crippen MR) is 74.1 cm³/mol. The van der Waals surface area contributed by atoms with Crippen LogP contribution in [0.1, 0.15) is 22.5 Å². The second-order valence-corrected chi connectivity index (χ2v) is 5.33. The van der Waals surface area contributed by atoms with E-state index in [4.69, 9.17) is 5.11 Å². The molecule has 1 unspecified atom stereocenters. The van der Waals surface area contributed by atoms with Gasteiger partial charge in [0.2, 0.25) is 0 Å². The van der Waals surface area contributed by atoms with Gasteiger partial charge in [0.1, 0.15) is 12.3 Å². The van der Waals surface area contributed by atoms with Crippen molar-refractivity contribution in [3.05, 3.63) is 29.6 Å². The molecule has 19 heavy (non-hydrogen) atoms. The number of aliphatic hydroxyl groups is 1. The van der Waals surface area contributed by atoms with Crippen LogP contribution >= 0.6 is 0 Å². The van der Waals surface area contributed by atoms with Gasteiger partial charge in [0.25, 0.3) is 5.91 Å². The smallest absolute Gasteiger partial charge is 0.269 e. The molecule has 102 valence electrons. The molecule has 1 aromatic rings. The average Bonchev–Trinajstić information content (AvgIpc) is 2.41. The lowest BCUT2D eigenvalue weighted by Crippen LogP contribution is -2.26. The van der Waals surface area contributed by atoms with Crippen LogP contribution < -0.4 is 5.32 Å². The molecule has 0 radical (unpaired) electrons.